The first-order valence-electron chi connectivity index (χ1n) is 6.93. The van der Waals surface area contributed by atoms with E-state index in [1.54, 1.807) is 31.4 Å². The van der Waals surface area contributed by atoms with Crippen LogP contribution in [0.25, 0.3) is 0 Å². The average molecular weight is 331 g/mol. The number of benzene rings is 2. The minimum atomic E-state index is -0.951. The molecule has 120 valence electrons. The van der Waals surface area contributed by atoms with Gasteiger partial charge in [0.1, 0.15) is 11.0 Å². The van der Waals surface area contributed by atoms with Crippen LogP contribution in [0.2, 0.25) is 0 Å². The summed E-state index contributed by atoms with van der Waals surface area (Å²) in [6, 6.07) is 16.1. The number of thioether (sulfide) groups is 1. The van der Waals surface area contributed by atoms with Crippen molar-refractivity contribution in [3.63, 3.8) is 0 Å². The normalized spacial score (nSPS) is 11.5. The fraction of sp³-hybridized carbons (Fsp3) is 0.176. The van der Waals surface area contributed by atoms with E-state index in [1.165, 1.54) is 0 Å². The van der Waals surface area contributed by atoms with Gasteiger partial charge in [0.05, 0.1) is 12.9 Å². The Bertz CT molecular complexity index is 658. The molecule has 0 fully saturated rings. The summed E-state index contributed by atoms with van der Waals surface area (Å²) in [4.78, 5) is 23.3. The third kappa shape index (κ3) is 5.03. The Labute approximate surface area is 138 Å². The zero-order valence-electron chi connectivity index (χ0n) is 12.6. The zero-order valence-corrected chi connectivity index (χ0v) is 13.4. The van der Waals surface area contributed by atoms with Crippen LogP contribution in [0, 0.1) is 0 Å². The number of carbonyl (C=O) groups is 2. The first-order chi connectivity index (χ1) is 11.1. The standard InChI is InChI=1S/C17H17NO4S/c1-22-14-9-7-13(8-10-14)18-17(21)16(23-11-15(19)20)12-5-3-2-4-6-12/h2-10,16H,11H2,1H3,(H,18,21)(H,19,20). The van der Waals surface area contributed by atoms with Gasteiger partial charge in [0.25, 0.3) is 0 Å². The van der Waals surface area contributed by atoms with Gasteiger partial charge in [-0.1, -0.05) is 30.3 Å². The number of anilines is 1. The second kappa shape index (κ2) is 8.24. The van der Waals surface area contributed by atoms with Crippen LogP contribution in [-0.2, 0) is 9.59 Å². The van der Waals surface area contributed by atoms with Crippen molar-refractivity contribution in [3.05, 3.63) is 60.2 Å². The summed E-state index contributed by atoms with van der Waals surface area (Å²) in [6.07, 6.45) is 0. The highest BCUT2D eigenvalue weighted by atomic mass is 32.2. The molecule has 1 amide bonds. The molecule has 1 unspecified atom stereocenters. The molecule has 2 N–H and O–H groups in total. The van der Waals surface area contributed by atoms with Crippen LogP contribution in [0.5, 0.6) is 5.75 Å². The molecule has 0 radical (unpaired) electrons. The molecular formula is C17H17NO4S. The second-order valence-corrected chi connectivity index (χ2v) is 5.81. The van der Waals surface area contributed by atoms with Crippen molar-refractivity contribution in [1.82, 2.24) is 0 Å². The Morgan fingerprint density at radius 3 is 2.35 bits per heavy atom. The van der Waals surface area contributed by atoms with Gasteiger partial charge < -0.3 is 15.2 Å². The molecule has 0 bridgehead atoms. The van der Waals surface area contributed by atoms with E-state index < -0.39 is 11.2 Å². The van der Waals surface area contributed by atoms with Crippen LogP contribution in [0.15, 0.2) is 54.6 Å². The van der Waals surface area contributed by atoms with E-state index in [1.807, 2.05) is 30.3 Å². The molecule has 0 aliphatic rings. The maximum Gasteiger partial charge on any atom is 0.313 e. The molecular weight excluding hydrogens is 314 g/mol. The molecule has 5 nitrogen and oxygen atoms in total. The van der Waals surface area contributed by atoms with Crippen molar-refractivity contribution < 1.29 is 19.4 Å². The lowest BCUT2D eigenvalue weighted by atomic mass is 10.1. The van der Waals surface area contributed by atoms with Gasteiger partial charge >= 0.3 is 5.97 Å². The summed E-state index contributed by atoms with van der Waals surface area (Å²) in [5.41, 5.74) is 1.40. The van der Waals surface area contributed by atoms with Gasteiger partial charge in [0.2, 0.25) is 5.91 Å². The number of hydrogen-bond acceptors (Lipinski definition) is 4. The van der Waals surface area contributed by atoms with Crippen molar-refractivity contribution in [2.75, 3.05) is 18.2 Å². The van der Waals surface area contributed by atoms with Crippen molar-refractivity contribution in [3.8, 4) is 5.75 Å². The highest BCUT2D eigenvalue weighted by Gasteiger charge is 2.22. The van der Waals surface area contributed by atoms with Crippen LogP contribution in [0.1, 0.15) is 10.8 Å². The van der Waals surface area contributed by atoms with Gasteiger partial charge in [-0.3, -0.25) is 9.59 Å². The van der Waals surface area contributed by atoms with Crippen molar-refractivity contribution >= 4 is 29.3 Å². The first kappa shape index (κ1) is 16.9. The predicted molar refractivity (Wildman–Crippen MR) is 90.9 cm³/mol. The predicted octanol–water partition coefficient (Wildman–Crippen LogP) is 3.19. The van der Waals surface area contributed by atoms with Gasteiger partial charge in [-0.2, -0.15) is 0 Å². The Balaban J connectivity index is 2.13. The number of nitrogens with one attached hydrogen (secondary N) is 1. The summed E-state index contributed by atoms with van der Waals surface area (Å²) in [5.74, 6) is -0.654. The molecule has 0 heterocycles. The Kier molecular flexibility index (Phi) is 6.05. The molecule has 6 heteroatoms. The third-order valence-corrected chi connectivity index (χ3v) is 4.30. The minimum absolute atomic E-state index is 0.143. The number of ether oxygens (including phenoxy) is 1. The molecule has 0 aromatic heterocycles. The lowest BCUT2D eigenvalue weighted by molar-refractivity contribution is -0.133. The summed E-state index contributed by atoms with van der Waals surface area (Å²) in [7, 11) is 1.57. The van der Waals surface area contributed by atoms with Gasteiger partial charge in [-0.25, -0.2) is 0 Å². The number of hydrogen-bond donors (Lipinski definition) is 2. The van der Waals surface area contributed by atoms with Crippen LogP contribution in [0.4, 0.5) is 5.69 Å². The summed E-state index contributed by atoms with van der Waals surface area (Å²) in [5, 5.41) is 11.1. The molecule has 0 aliphatic heterocycles. The molecule has 2 aromatic carbocycles. The Morgan fingerprint density at radius 1 is 1.13 bits per heavy atom. The summed E-state index contributed by atoms with van der Waals surface area (Å²) in [6.45, 7) is 0. The Hall–Kier alpha value is -2.47. The van der Waals surface area contributed by atoms with Gasteiger partial charge in [0, 0.05) is 5.69 Å². The fourth-order valence-corrected chi connectivity index (χ4v) is 2.86. The maximum absolute atomic E-state index is 12.5. The number of carboxylic acids is 1. The minimum Gasteiger partial charge on any atom is -0.497 e. The number of aliphatic carboxylic acids is 1. The van der Waals surface area contributed by atoms with E-state index in [0.29, 0.717) is 11.4 Å². The second-order valence-electron chi connectivity index (χ2n) is 4.71. The van der Waals surface area contributed by atoms with Crippen molar-refractivity contribution in [2.45, 2.75) is 5.25 Å². The third-order valence-electron chi connectivity index (χ3n) is 3.07. The Morgan fingerprint density at radius 2 is 1.78 bits per heavy atom. The smallest absolute Gasteiger partial charge is 0.313 e. The van der Waals surface area contributed by atoms with E-state index >= 15 is 0 Å². The quantitative estimate of drug-likeness (QED) is 0.815. The summed E-state index contributed by atoms with van der Waals surface area (Å²) < 4.78 is 5.07. The van der Waals surface area contributed by atoms with Crippen molar-refractivity contribution in [2.24, 2.45) is 0 Å². The van der Waals surface area contributed by atoms with Crippen molar-refractivity contribution in [1.29, 1.82) is 0 Å². The maximum atomic E-state index is 12.5. The van der Waals surface area contributed by atoms with E-state index in [2.05, 4.69) is 5.32 Å². The van der Waals surface area contributed by atoms with Crippen LogP contribution in [0.3, 0.4) is 0 Å². The molecule has 0 spiro atoms. The van der Waals surface area contributed by atoms with Gasteiger partial charge in [-0.15, -0.1) is 11.8 Å². The van der Waals surface area contributed by atoms with E-state index in [0.717, 1.165) is 17.3 Å². The lowest BCUT2D eigenvalue weighted by Gasteiger charge is -2.16. The largest absolute Gasteiger partial charge is 0.497 e. The summed E-state index contributed by atoms with van der Waals surface area (Å²) >= 11 is 1.08. The highest BCUT2D eigenvalue weighted by Crippen LogP contribution is 2.30. The topological polar surface area (TPSA) is 75.6 Å². The lowest BCUT2D eigenvalue weighted by Crippen LogP contribution is -2.20. The molecule has 1 atom stereocenters. The number of carboxylic acid groups (broad SMARTS) is 1. The van der Waals surface area contributed by atoms with Gasteiger partial charge in [-0.05, 0) is 29.8 Å². The molecule has 0 aliphatic carbocycles. The monoisotopic (exact) mass is 331 g/mol. The van der Waals surface area contributed by atoms with Gasteiger partial charge in [0.15, 0.2) is 0 Å². The molecule has 0 saturated carbocycles. The van der Waals surface area contributed by atoms with Crippen LogP contribution >= 0.6 is 11.8 Å². The highest BCUT2D eigenvalue weighted by molar-refractivity contribution is 8.00. The zero-order chi connectivity index (χ0) is 16.7. The average Bonchev–Trinajstić information content (AvgIpc) is 2.56. The molecule has 2 aromatic rings. The SMILES string of the molecule is COc1ccc(NC(=O)C(SCC(=O)O)c2ccccc2)cc1. The van der Waals surface area contributed by atoms with Crippen LogP contribution < -0.4 is 10.1 Å². The molecule has 2 rings (SSSR count). The fourth-order valence-electron chi connectivity index (χ4n) is 1.99. The number of amides is 1. The van der Waals surface area contributed by atoms with Crippen LogP contribution in [-0.4, -0.2) is 29.8 Å². The number of rotatable bonds is 7. The van der Waals surface area contributed by atoms with E-state index in [4.69, 9.17) is 9.84 Å². The first-order valence-corrected chi connectivity index (χ1v) is 7.98. The molecule has 0 saturated heterocycles. The number of carbonyl (C=O) groups excluding carboxylic acids is 1. The molecule has 23 heavy (non-hydrogen) atoms. The van der Waals surface area contributed by atoms with E-state index in [-0.39, 0.29) is 11.7 Å². The number of methoxy groups -OCH3 is 1. The van der Waals surface area contributed by atoms with E-state index in [9.17, 15) is 9.59 Å².